The van der Waals surface area contributed by atoms with Crippen molar-refractivity contribution < 1.29 is 22.8 Å². The third-order valence-corrected chi connectivity index (χ3v) is 4.84. The van der Waals surface area contributed by atoms with Crippen molar-refractivity contribution in [3.63, 3.8) is 0 Å². The summed E-state index contributed by atoms with van der Waals surface area (Å²) < 4.78 is 37.7. The molecule has 0 unspecified atom stereocenters. The van der Waals surface area contributed by atoms with Crippen LogP contribution in [-0.2, 0) is 11.0 Å². The van der Waals surface area contributed by atoms with Gasteiger partial charge in [-0.15, -0.1) is 0 Å². The first-order chi connectivity index (χ1) is 13.3. The van der Waals surface area contributed by atoms with Crippen molar-refractivity contribution in [3.8, 4) is 0 Å². The van der Waals surface area contributed by atoms with E-state index in [2.05, 4.69) is 10.3 Å². The fourth-order valence-electron chi connectivity index (χ4n) is 3.22. The molecule has 2 heterocycles. The van der Waals surface area contributed by atoms with E-state index in [4.69, 9.17) is 0 Å². The summed E-state index contributed by atoms with van der Waals surface area (Å²) in [6.07, 6.45) is -2.76. The maximum atomic E-state index is 12.6. The van der Waals surface area contributed by atoms with Crippen LogP contribution in [0.1, 0.15) is 15.9 Å². The number of carbonyl (C=O) groups is 2. The lowest BCUT2D eigenvalue weighted by atomic mass is 9.97. The molecule has 2 amide bonds. The van der Waals surface area contributed by atoms with E-state index in [0.717, 1.165) is 23.0 Å². The van der Waals surface area contributed by atoms with Crippen LogP contribution in [-0.4, -0.2) is 34.8 Å². The van der Waals surface area contributed by atoms with E-state index >= 15 is 0 Å². The second-order valence-corrected chi connectivity index (χ2v) is 6.72. The second kappa shape index (κ2) is 6.70. The van der Waals surface area contributed by atoms with E-state index in [0.29, 0.717) is 11.3 Å². The molecule has 1 aliphatic rings. The molecule has 1 aliphatic heterocycles. The second-order valence-electron chi connectivity index (χ2n) is 6.72. The molecule has 28 heavy (non-hydrogen) atoms. The highest BCUT2D eigenvalue weighted by Crippen LogP contribution is 2.30. The minimum Gasteiger partial charge on any atom is -0.360 e. The zero-order chi connectivity index (χ0) is 19.9. The average Bonchev–Trinajstić information content (AvgIpc) is 3.04. The summed E-state index contributed by atoms with van der Waals surface area (Å²) in [5, 5.41) is 3.42. The van der Waals surface area contributed by atoms with Crippen LogP contribution in [0.5, 0.6) is 0 Å². The molecular weight excluding hydrogens is 371 g/mol. The predicted octanol–water partition coefficient (Wildman–Crippen LogP) is 3.90. The van der Waals surface area contributed by atoms with Gasteiger partial charge in [-0.05, 0) is 30.3 Å². The Morgan fingerprint density at radius 2 is 1.71 bits per heavy atom. The van der Waals surface area contributed by atoms with E-state index in [1.807, 2.05) is 24.3 Å². The Kier molecular flexibility index (Phi) is 4.33. The Hall–Kier alpha value is -3.29. The molecule has 0 spiro atoms. The third-order valence-electron chi connectivity index (χ3n) is 4.84. The number of fused-ring (bicyclic) bond motifs is 1. The molecule has 0 radical (unpaired) electrons. The molecule has 5 nitrogen and oxygen atoms in total. The number of aromatic amines is 1. The Morgan fingerprint density at radius 3 is 2.39 bits per heavy atom. The monoisotopic (exact) mass is 387 g/mol. The van der Waals surface area contributed by atoms with Crippen molar-refractivity contribution >= 4 is 28.4 Å². The SMILES string of the molecule is O=C(Nc1ccc(C(F)(F)F)cc1)C1CN(C(=O)c2c[nH]c3ccccc23)C1. The number of halogens is 3. The molecule has 3 aromatic rings. The lowest BCUT2D eigenvalue weighted by Gasteiger charge is -2.38. The topological polar surface area (TPSA) is 65.2 Å². The van der Waals surface area contributed by atoms with Crippen LogP contribution in [0.2, 0.25) is 0 Å². The predicted molar refractivity (Wildman–Crippen MR) is 97.8 cm³/mol. The third kappa shape index (κ3) is 3.33. The van der Waals surface area contributed by atoms with Crippen LogP contribution in [0, 0.1) is 5.92 Å². The van der Waals surface area contributed by atoms with Gasteiger partial charge >= 0.3 is 6.18 Å². The summed E-state index contributed by atoms with van der Waals surface area (Å²) in [5.41, 5.74) is 0.934. The van der Waals surface area contributed by atoms with Gasteiger partial charge in [0.25, 0.3) is 5.91 Å². The van der Waals surface area contributed by atoms with Crippen LogP contribution in [0.25, 0.3) is 10.9 Å². The largest absolute Gasteiger partial charge is 0.416 e. The number of anilines is 1. The van der Waals surface area contributed by atoms with Gasteiger partial charge in [0.05, 0.1) is 17.0 Å². The molecule has 2 aromatic carbocycles. The first-order valence-electron chi connectivity index (χ1n) is 8.66. The molecule has 0 saturated carbocycles. The van der Waals surface area contributed by atoms with Crippen molar-refractivity contribution in [1.82, 2.24) is 9.88 Å². The van der Waals surface area contributed by atoms with Crippen molar-refractivity contribution in [3.05, 3.63) is 65.9 Å². The number of aromatic nitrogens is 1. The molecule has 1 fully saturated rings. The first kappa shape index (κ1) is 18.1. The van der Waals surface area contributed by atoms with Gasteiger partial charge in [-0.1, -0.05) is 18.2 Å². The smallest absolute Gasteiger partial charge is 0.360 e. The molecule has 0 bridgehead atoms. The van der Waals surface area contributed by atoms with Gasteiger partial charge in [0.1, 0.15) is 0 Å². The molecule has 4 rings (SSSR count). The molecule has 1 saturated heterocycles. The zero-order valence-corrected chi connectivity index (χ0v) is 14.6. The number of hydrogen-bond donors (Lipinski definition) is 2. The molecule has 2 N–H and O–H groups in total. The van der Waals surface area contributed by atoms with Gasteiger partial charge in [0.2, 0.25) is 5.91 Å². The number of likely N-dealkylation sites (tertiary alicyclic amines) is 1. The lowest BCUT2D eigenvalue weighted by Crippen LogP contribution is -2.54. The number of para-hydroxylation sites is 1. The number of nitrogens with one attached hydrogen (secondary N) is 2. The summed E-state index contributed by atoms with van der Waals surface area (Å²) in [6, 6.07) is 11.7. The Morgan fingerprint density at radius 1 is 1.04 bits per heavy atom. The van der Waals surface area contributed by atoms with Crippen molar-refractivity contribution in [2.75, 3.05) is 18.4 Å². The molecule has 1 aromatic heterocycles. The highest BCUT2D eigenvalue weighted by molar-refractivity contribution is 6.07. The molecule has 144 valence electrons. The number of carbonyl (C=O) groups excluding carboxylic acids is 2. The summed E-state index contributed by atoms with van der Waals surface area (Å²) in [5.74, 6) is -0.866. The average molecular weight is 387 g/mol. The number of benzene rings is 2. The number of amides is 2. The van der Waals surface area contributed by atoms with Crippen molar-refractivity contribution in [2.24, 2.45) is 5.92 Å². The first-order valence-corrected chi connectivity index (χ1v) is 8.66. The van der Waals surface area contributed by atoms with Gasteiger partial charge < -0.3 is 15.2 Å². The fourth-order valence-corrected chi connectivity index (χ4v) is 3.22. The Labute approximate surface area is 158 Å². The molecule has 0 atom stereocenters. The van der Waals surface area contributed by atoms with Crippen LogP contribution < -0.4 is 5.32 Å². The number of nitrogens with zero attached hydrogens (tertiary/aromatic N) is 1. The van der Waals surface area contributed by atoms with Crippen LogP contribution in [0.15, 0.2) is 54.7 Å². The van der Waals surface area contributed by atoms with Crippen LogP contribution in [0.4, 0.5) is 18.9 Å². The van der Waals surface area contributed by atoms with Crippen LogP contribution >= 0.6 is 0 Å². The van der Waals surface area contributed by atoms with Gasteiger partial charge in [-0.25, -0.2) is 0 Å². The van der Waals surface area contributed by atoms with E-state index in [1.54, 1.807) is 11.1 Å². The van der Waals surface area contributed by atoms with E-state index < -0.39 is 17.7 Å². The number of alkyl halides is 3. The number of hydrogen-bond acceptors (Lipinski definition) is 2. The lowest BCUT2D eigenvalue weighted by molar-refractivity contribution is -0.137. The summed E-state index contributed by atoms with van der Waals surface area (Å²) in [7, 11) is 0. The molecule has 0 aliphatic carbocycles. The minimum atomic E-state index is -4.42. The molecule has 8 heteroatoms. The van der Waals surface area contributed by atoms with Gasteiger partial charge in [-0.2, -0.15) is 13.2 Å². The zero-order valence-electron chi connectivity index (χ0n) is 14.6. The summed E-state index contributed by atoms with van der Waals surface area (Å²) in [4.78, 5) is 29.5. The Bertz CT molecular complexity index is 1030. The summed E-state index contributed by atoms with van der Waals surface area (Å²) >= 11 is 0. The highest BCUT2D eigenvalue weighted by atomic mass is 19.4. The van der Waals surface area contributed by atoms with E-state index in [1.165, 1.54) is 12.1 Å². The van der Waals surface area contributed by atoms with Crippen molar-refractivity contribution in [2.45, 2.75) is 6.18 Å². The number of rotatable bonds is 3. The minimum absolute atomic E-state index is 0.156. The van der Waals surface area contributed by atoms with Gasteiger partial charge in [0.15, 0.2) is 0 Å². The van der Waals surface area contributed by atoms with Gasteiger partial charge in [0, 0.05) is 35.9 Å². The van der Waals surface area contributed by atoms with E-state index in [9.17, 15) is 22.8 Å². The molecular formula is C20H16F3N3O2. The normalized spacial score (nSPS) is 14.8. The quantitative estimate of drug-likeness (QED) is 0.716. The highest BCUT2D eigenvalue weighted by Gasteiger charge is 2.37. The maximum Gasteiger partial charge on any atom is 0.416 e. The van der Waals surface area contributed by atoms with Crippen LogP contribution in [0.3, 0.4) is 0 Å². The van der Waals surface area contributed by atoms with Gasteiger partial charge in [-0.3, -0.25) is 9.59 Å². The Balaban J connectivity index is 1.36. The number of H-pyrrole nitrogens is 1. The van der Waals surface area contributed by atoms with Crippen molar-refractivity contribution in [1.29, 1.82) is 0 Å². The standard InChI is InChI=1S/C20H16F3N3O2/c21-20(22,23)13-5-7-14(8-6-13)25-18(27)12-10-26(11-12)19(28)16-9-24-17-4-2-1-3-15(16)17/h1-9,12,24H,10-11H2,(H,25,27). The van der Waals surface area contributed by atoms with E-state index in [-0.39, 0.29) is 24.9 Å². The fraction of sp³-hybridized carbons (Fsp3) is 0.200. The summed E-state index contributed by atoms with van der Waals surface area (Å²) in [6.45, 7) is 0.537. The maximum absolute atomic E-state index is 12.6.